The highest BCUT2D eigenvalue weighted by molar-refractivity contribution is 5.75. The van der Waals surface area contributed by atoms with E-state index in [1.807, 2.05) is 25.1 Å². The number of aryl methyl sites for hydroxylation is 2. The summed E-state index contributed by atoms with van der Waals surface area (Å²) < 4.78 is 1.67. The minimum atomic E-state index is -0.756. The van der Waals surface area contributed by atoms with Crippen molar-refractivity contribution in [2.45, 2.75) is 39.3 Å². The molecule has 1 aromatic heterocycles. The van der Waals surface area contributed by atoms with Gasteiger partial charge in [-0.2, -0.15) is 0 Å². The number of aromatic nitrogens is 2. The zero-order valence-corrected chi connectivity index (χ0v) is 10.4. The lowest BCUT2D eigenvalue weighted by molar-refractivity contribution is 0.0663. The zero-order valence-electron chi connectivity index (χ0n) is 10.4. The predicted octanol–water partition coefficient (Wildman–Crippen LogP) is 1.80. The molecule has 92 valence electrons. The Morgan fingerprint density at radius 2 is 2.12 bits per heavy atom. The first-order valence-electron chi connectivity index (χ1n) is 5.78. The van der Waals surface area contributed by atoms with Crippen LogP contribution in [0.5, 0.6) is 0 Å². The fourth-order valence-corrected chi connectivity index (χ4v) is 1.88. The van der Waals surface area contributed by atoms with Gasteiger partial charge in [-0.15, -0.1) is 0 Å². The van der Waals surface area contributed by atoms with Crippen LogP contribution < -0.4 is 5.69 Å². The van der Waals surface area contributed by atoms with Gasteiger partial charge < -0.3 is 10.1 Å². The minimum Gasteiger partial charge on any atom is -0.390 e. The molecule has 0 unspecified atom stereocenters. The van der Waals surface area contributed by atoms with E-state index in [1.165, 1.54) is 0 Å². The molecule has 0 aliphatic heterocycles. The summed E-state index contributed by atoms with van der Waals surface area (Å²) in [5.41, 5.74) is 1.99. The van der Waals surface area contributed by atoms with Crippen molar-refractivity contribution in [3.05, 3.63) is 34.2 Å². The Kier molecular flexibility index (Phi) is 2.83. The Labute approximate surface area is 99.9 Å². The third-order valence-electron chi connectivity index (χ3n) is 2.88. The van der Waals surface area contributed by atoms with Gasteiger partial charge in [-0.25, -0.2) is 4.79 Å². The molecular formula is C13H18N2O2. The smallest absolute Gasteiger partial charge is 0.326 e. The fourth-order valence-electron chi connectivity index (χ4n) is 1.88. The SMILES string of the molecule is Cc1ccc2c(c1)[nH]c(=O)n2CCC(C)(C)O. The topological polar surface area (TPSA) is 58.0 Å². The van der Waals surface area contributed by atoms with Crippen LogP contribution in [0.3, 0.4) is 0 Å². The van der Waals surface area contributed by atoms with Crippen LogP contribution in [0.15, 0.2) is 23.0 Å². The zero-order chi connectivity index (χ0) is 12.6. The second-order valence-electron chi connectivity index (χ2n) is 5.16. The molecule has 2 N–H and O–H groups in total. The number of imidazole rings is 1. The maximum Gasteiger partial charge on any atom is 0.326 e. The van der Waals surface area contributed by atoms with Crippen LogP contribution in [-0.2, 0) is 6.54 Å². The van der Waals surface area contributed by atoms with Crippen molar-refractivity contribution in [1.29, 1.82) is 0 Å². The summed E-state index contributed by atoms with van der Waals surface area (Å²) in [7, 11) is 0. The quantitative estimate of drug-likeness (QED) is 0.850. The highest BCUT2D eigenvalue weighted by Gasteiger charge is 2.14. The molecule has 2 rings (SSSR count). The van der Waals surface area contributed by atoms with Gasteiger partial charge in [0, 0.05) is 6.54 Å². The van der Waals surface area contributed by atoms with Crippen LogP contribution in [0.1, 0.15) is 25.8 Å². The van der Waals surface area contributed by atoms with E-state index < -0.39 is 5.60 Å². The molecule has 1 heterocycles. The average molecular weight is 234 g/mol. The van der Waals surface area contributed by atoms with Crippen molar-refractivity contribution >= 4 is 11.0 Å². The number of hydrogen-bond acceptors (Lipinski definition) is 2. The molecule has 0 radical (unpaired) electrons. The van der Waals surface area contributed by atoms with Crippen molar-refractivity contribution in [1.82, 2.24) is 9.55 Å². The van der Waals surface area contributed by atoms with Crippen LogP contribution in [0.2, 0.25) is 0 Å². The lowest BCUT2D eigenvalue weighted by atomic mass is 10.1. The predicted molar refractivity (Wildman–Crippen MR) is 68.2 cm³/mol. The van der Waals surface area contributed by atoms with E-state index in [0.29, 0.717) is 13.0 Å². The number of aliphatic hydroxyl groups is 1. The van der Waals surface area contributed by atoms with Gasteiger partial charge in [0.2, 0.25) is 0 Å². The molecule has 0 atom stereocenters. The monoisotopic (exact) mass is 234 g/mol. The van der Waals surface area contributed by atoms with Gasteiger partial charge in [0.05, 0.1) is 16.6 Å². The highest BCUT2D eigenvalue weighted by atomic mass is 16.3. The van der Waals surface area contributed by atoms with Crippen molar-refractivity contribution in [2.75, 3.05) is 0 Å². The van der Waals surface area contributed by atoms with Gasteiger partial charge in [0.15, 0.2) is 0 Å². The number of aromatic amines is 1. The summed E-state index contributed by atoms with van der Waals surface area (Å²) >= 11 is 0. The molecule has 0 aliphatic carbocycles. The number of nitrogens with zero attached hydrogens (tertiary/aromatic N) is 1. The Morgan fingerprint density at radius 1 is 1.41 bits per heavy atom. The first kappa shape index (κ1) is 11.9. The first-order valence-corrected chi connectivity index (χ1v) is 5.78. The van der Waals surface area contributed by atoms with Gasteiger partial charge >= 0.3 is 5.69 Å². The first-order chi connectivity index (χ1) is 7.87. The average Bonchev–Trinajstić information content (AvgIpc) is 2.48. The van der Waals surface area contributed by atoms with E-state index in [-0.39, 0.29) is 5.69 Å². The van der Waals surface area contributed by atoms with Crippen LogP contribution in [-0.4, -0.2) is 20.3 Å². The van der Waals surface area contributed by atoms with Crippen molar-refractivity contribution in [3.63, 3.8) is 0 Å². The van der Waals surface area contributed by atoms with Crippen molar-refractivity contribution in [3.8, 4) is 0 Å². The Hall–Kier alpha value is -1.55. The lowest BCUT2D eigenvalue weighted by Gasteiger charge is -2.16. The number of fused-ring (bicyclic) bond motifs is 1. The molecule has 0 spiro atoms. The molecule has 1 aromatic carbocycles. The van der Waals surface area contributed by atoms with Crippen LogP contribution in [0.4, 0.5) is 0 Å². The molecule has 0 amide bonds. The number of nitrogens with one attached hydrogen (secondary N) is 1. The van der Waals surface area contributed by atoms with Crippen molar-refractivity contribution < 1.29 is 5.11 Å². The Bertz CT molecular complexity index is 587. The number of benzene rings is 1. The van der Waals surface area contributed by atoms with E-state index in [2.05, 4.69) is 4.98 Å². The highest BCUT2D eigenvalue weighted by Crippen LogP contribution is 2.15. The van der Waals surface area contributed by atoms with Crippen LogP contribution in [0.25, 0.3) is 11.0 Å². The summed E-state index contributed by atoms with van der Waals surface area (Å²) in [6.45, 7) is 6.01. The maximum absolute atomic E-state index is 11.8. The Balaban J connectivity index is 2.40. The van der Waals surface area contributed by atoms with E-state index in [1.54, 1.807) is 18.4 Å². The number of H-pyrrole nitrogens is 1. The number of hydrogen-bond donors (Lipinski definition) is 2. The lowest BCUT2D eigenvalue weighted by Crippen LogP contribution is -2.25. The summed E-state index contributed by atoms with van der Waals surface area (Å²) in [5.74, 6) is 0. The van der Waals surface area contributed by atoms with E-state index in [4.69, 9.17) is 0 Å². The van der Waals surface area contributed by atoms with Gasteiger partial charge in [0.1, 0.15) is 0 Å². The van der Waals surface area contributed by atoms with Gasteiger partial charge in [-0.05, 0) is 44.9 Å². The molecular weight excluding hydrogens is 216 g/mol. The summed E-state index contributed by atoms with van der Waals surface area (Å²) in [4.78, 5) is 14.6. The molecule has 0 aliphatic rings. The summed E-state index contributed by atoms with van der Waals surface area (Å²) in [6.07, 6.45) is 0.549. The molecule has 17 heavy (non-hydrogen) atoms. The van der Waals surface area contributed by atoms with Crippen LogP contribution in [0, 0.1) is 6.92 Å². The van der Waals surface area contributed by atoms with Gasteiger partial charge in [-0.3, -0.25) is 4.57 Å². The van der Waals surface area contributed by atoms with Crippen molar-refractivity contribution in [2.24, 2.45) is 0 Å². The number of rotatable bonds is 3. The molecule has 0 fully saturated rings. The minimum absolute atomic E-state index is 0.116. The second-order valence-corrected chi connectivity index (χ2v) is 5.16. The van der Waals surface area contributed by atoms with Gasteiger partial charge in [-0.1, -0.05) is 6.07 Å². The fraction of sp³-hybridized carbons (Fsp3) is 0.462. The standard InChI is InChI=1S/C13H18N2O2/c1-9-4-5-11-10(8-9)14-12(16)15(11)7-6-13(2,3)17/h4-5,8,17H,6-7H2,1-3H3,(H,14,16). The van der Waals surface area contributed by atoms with E-state index in [9.17, 15) is 9.90 Å². The molecule has 2 aromatic rings. The summed E-state index contributed by atoms with van der Waals surface area (Å²) in [5, 5.41) is 9.70. The largest absolute Gasteiger partial charge is 0.390 e. The Morgan fingerprint density at radius 3 is 2.76 bits per heavy atom. The normalized spacial score (nSPS) is 12.2. The molecule has 4 heteroatoms. The summed E-state index contributed by atoms with van der Waals surface area (Å²) in [6, 6.07) is 5.88. The molecule has 0 bridgehead atoms. The third-order valence-corrected chi connectivity index (χ3v) is 2.88. The van der Waals surface area contributed by atoms with E-state index >= 15 is 0 Å². The second kappa shape index (κ2) is 4.04. The van der Waals surface area contributed by atoms with Crippen LogP contribution >= 0.6 is 0 Å². The maximum atomic E-state index is 11.8. The third kappa shape index (κ3) is 2.58. The molecule has 0 saturated heterocycles. The molecule has 0 saturated carbocycles. The van der Waals surface area contributed by atoms with Gasteiger partial charge in [0.25, 0.3) is 0 Å². The van der Waals surface area contributed by atoms with E-state index in [0.717, 1.165) is 16.6 Å². The molecule has 4 nitrogen and oxygen atoms in total.